The molecule has 1 atom stereocenters. The molecule has 1 amide bonds. The number of hydrogen-bond acceptors (Lipinski definition) is 10. The molecule has 3 aliphatic rings. The Labute approximate surface area is 276 Å². The number of nitrogens with zero attached hydrogens (tertiary/aromatic N) is 4. The Hall–Kier alpha value is -3.71. The van der Waals surface area contributed by atoms with Crippen molar-refractivity contribution in [1.82, 2.24) is 24.8 Å². The average Bonchev–Trinajstić information content (AvgIpc) is 3.52. The summed E-state index contributed by atoms with van der Waals surface area (Å²) >= 11 is 0. The maximum Gasteiger partial charge on any atom is 0.323 e. The maximum atomic E-state index is 13.3. The summed E-state index contributed by atoms with van der Waals surface area (Å²) in [6, 6.07) is 9.62. The topological polar surface area (TPSA) is 145 Å². The van der Waals surface area contributed by atoms with Gasteiger partial charge < -0.3 is 29.6 Å². The number of amides is 1. The van der Waals surface area contributed by atoms with Gasteiger partial charge in [0.15, 0.2) is 0 Å². The fourth-order valence-corrected chi connectivity index (χ4v) is 7.58. The second-order valence-corrected chi connectivity index (χ2v) is 15.4. The van der Waals surface area contributed by atoms with Crippen molar-refractivity contribution in [3.8, 4) is 11.6 Å². The number of nitrogens with one attached hydrogen (secondary N) is 2. The van der Waals surface area contributed by atoms with Gasteiger partial charge in [0.25, 0.3) is 0 Å². The first-order valence-corrected chi connectivity index (χ1v) is 19.0. The Morgan fingerprint density at radius 3 is 2.57 bits per heavy atom. The van der Waals surface area contributed by atoms with E-state index in [2.05, 4.69) is 15.6 Å². The van der Waals surface area contributed by atoms with Crippen molar-refractivity contribution < 1.29 is 27.5 Å². The first-order valence-electron chi connectivity index (χ1n) is 17.0. The van der Waals surface area contributed by atoms with Crippen LogP contribution in [0, 0.1) is 5.92 Å². The Balaban J connectivity index is 0.977. The molecule has 2 aliphatic heterocycles. The lowest BCUT2D eigenvalue weighted by atomic mass is 9.85. The van der Waals surface area contributed by atoms with Gasteiger partial charge in [-0.1, -0.05) is 12.5 Å². The molecule has 0 spiro atoms. The Morgan fingerprint density at radius 2 is 1.83 bits per heavy atom. The quantitative estimate of drug-likeness (QED) is 0.229. The van der Waals surface area contributed by atoms with E-state index in [-0.39, 0.29) is 41.7 Å². The highest BCUT2D eigenvalue weighted by Crippen LogP contribution is 2.31. The number of anilines is 1. The standard InChI is InChI=1S/C34H46N6O6S/c1-47(43,44)23-5-22-45-30-8-4-7-29-27(30)16-21-40(29)31-13-18-36-34(38-31)37-25-11-9-24(10-12-25)32(41)39-19-14-26(15-20-39)46-33(42)28-6-2-3-17-35-28/h4,7-8,13,16,18,21,24-26,28,35H,2-3,5-6,9-12,14-15,17,19-20,22-23H2,1H3,(H,36,37,38)/t24-,25-,28-/m0/s1. The first kappa shape index (κ1) is 33.2. The van der Waals surface area contributed by atoms with Crippen molar-refractivity contribution in [1.29, 1.82) is 0 Å². The predicted molar refractivity (Wildman–Crippen MR) is 179 cm³/mol. The molecule has 13 heteroatoms. The van der Waals surface area contributed by atoms with Gasteiger partial charge in [-0.05, 0) is 75.8 Å². The van der Waals surface area contributed by atoms with E-state index in [9.17, 15) is 18.0 Å². The zero-order valence-electron chi connectivity index (χ0n) is 27.1. The van der Waals surface area contributed by atoms with Crippen molar-refractivity contribution in [2.24, 2.45) is 5.92 Å². The van der Waals surface area contributed by atoms with Gasteiger partial charge in [0.1, 0.15) is 33.6 Å². The van der Waals surface area contributed by atoms with Gasteiger partial charge >= 0.3 is 5.97 Å². The fraction of sp³-hybridized carbons (Fsp3) is 0.588. The van der Waals surface area contributed by atoms with Crippen LogP contribution in [0.4, 0.5) is 5.95 Å². The summed E-state index contributed by atoms with van der Waals surface area (Å²) in [5.41, 5.74) is 0.928. The molecular formula is C34H46N6O6S. The van der Waals surface area contributed by atoms with Crippen LogP contribution in [0.1, 0.15) is 64.2 Å². The lowest BCUT2D eigenvalue weighted by Crippen LogP contribution is -2.47. The number of sulfone groups is 1. The second-order valence-electron chi connectivity index (χ2n) is 13.1. The van der Waals surface area contributed by atoms with Crippen LogP contribution in [0.3, 0.4) is 0 Å². The Morgan fingerprint density at radius 1 is 1.02 bits per heavy atom. The minimum Gasteiger partial charge on any atom is -0.493 e. The lowest BCUT2D eigenvalue weighted by Gasteiger charge is -2.36. The molecule has 1 saturated carbocycles. The van der Waals surface area contributed by atoms with Crippen molar-refractivity contribution in [2.75, 3.05) is 43.6 Å². The van der Waals surface area contributed by atoms with E-state index in [1.165, 1.54) is 6.26 Å². The van der Waals surface area contributed by atoms with Gasteiger partial charge in [-0.25, -0.2) is 13.4 Å². The number of benzene rings is 1. The number of aromatic nitrogens is 3. The van der Waals surface area contributed by atoms with Gasteiger partial charge in [-0.15, -0.1) is 0 Å². The first-order chi connectivity index (χ1) is 22.7. The van der Waals surface area contributed by atoms with Crippen molar-refractivity contribution >= 4 is 38.6 Å². The molecular weight excluding hydrogens is 620 g/mol. The highest BCUT2D eigenvalue weighted by molar-refractivity contribution is 7.90. The van der Waals surface area contributed by atoms with E-state index in [0.29, 0.717) is 50.7 Å². The third kappa shape index (κ3) is 8.61. The fourth-order valence-electron chi connectivity index (χ4n) is 6.94. The van der Waals surface area contributed by atoms with Gasteiger partial charge in [-0.2, -0.15) is 4.98 Å². The van der Waals surface area contributed by atoms with E-state index in [1.54, 1.807) is 6.20 Å². The molecule has 3 fully saturated rings. The van der Waals surface area contributed by atoms with E-state index >= 15 is 0 Å². The second kappa shape index (κ2) is 15.0. The number of ether oxygens (including phenoxy) is 2. The summed E-state index contributed by atoms with van der Waals surface area (Å²) in [6.45, 7) is 2.46. The van der Waals surface area contributed by atoms with Gasteiger partial charge in [0.05, 0.1) is 17.9 Å². The van der Waals surface area contributed by atoms with Crippen LogP contribution >= 0.6 is 0 Å². The number of piperidine rings is 2. The Kier molecular flexibility index (Phi) is 10.6. The number of hydrogen-bond donors (Lipinski definition) is 2. The van der Waals surface area contributed by atoms with E-state index in [4.69, 9.17) is 14.5 Å². The molecule has 0 bridgehead atoms. The number of fused-ring (bicyclic) bond motifs is 1. The molecule has 2 aromatic heterocycles. The third-order valence-corrected chi connectivity index (χ3v) is 10.6. The van der Waals surface area contributed by atoms with E-state index in [1.807, 2.05) is 46.0 Å². The monoisotopic (exact) mass is 666 g/mol. The van der Waals surface area contributed by atoms with Crippen molar-refractivity contribution in [3.63, 3.8) is 0 Å². The van der Waals surface area contributed by atoms with Gasteiger partial charge in [0.2, 0.25) is 11.9 Å². The maximum absolute atomic E-state index is 13.3. The van der Waals surface area contributed by atoms with Crippen LogP contribution in [0.5, 0.6) is 5.75 Å². The highest BCUT2D eigenvalue weighted by Gasteiger charge is 2.33. The molecule has 3 aromatic rings. The average molecular weight is 667 g/mol. The predicted octanol–water partition coefficient (Wildman–Crippen LogP) is 3.88. The zero-order valence-corrected chi connectivity index (χ0v) is 27.9. The number of likely N-dealkylation sites (tertiary alicyclic amines) is 1. The van der Waals surface area contributed by atoms with Crippen LogP contribution in [0.2, 0.25) is 0 Å². The van der Waals surface area contributed by atoms with E-state index < -0.39 is 9.84 Å². The molecule has 0 unspecified atom stereocenters. The van der Waals surface area contributed by atoms with Crippen LogP contribution in [-0.2, 0) is 24.2 Å². The molecule has 2 saturated heterocycles. The summed E-state index contributed by atoms with van der Waals surface area (Å²) < 4.78 is 36.6. The van der Waals surface area contributed by atoms with Crippen LogP contribution in [0.15, 0.2) is 42.7 Å². The largest absolute Gasteiger partial charge is 0.493 e. The summed E-state index contributed by atoms with van der Waals surface area (Å²) in [7, 11) is -3.02. The molecule has 47 heavy (non-hydrogen) atoms. The highest BCUT2D eigenvalue weighted by atomic mass is 32.2. The third-order valence-electron chi connectivity index (χ3n) is 9.54. The summed E-state index contributed by atoms with van der Waals surface area (Å²) in [4.78, 5) is 37.1. The number of rotatable bonds is 11. The molecule has 2 N–H and O–H groups in total. The molecule has 0 radical (unpaired) electrons. The Bertz CT molecular complexity index is 1640. The molecule has 254 valence electrons. The van der Waals surface area contributed by atoms with Gasteiger partial charge in [-0.3, -0.25) is 9.59 Å². The molecule has 4 heterocycles. The summed E-state index contributed by atoms with van der Waals surface area (Å²) in [5.74, 6) is 2.16. The van der Waals surface area contributed by atoms with Crippen LogP contribution in [0.25, 0.3) is 16.7 Å². The molecule has 1 aromatic carbocycles. The smallest absolute Gasteiger partial charge is 0.323 e. The van der Waals surface area contributed by atoms with Crippen LogP contribution < -0.4 is 15.4 Å². The van der Waals surface area contributed by atoms with Crippen LogP contribution in [-0.4, -0.2) is 96.2 Å². The van der Waals surface area contributed by atoms with Crippen molar-refractivity contribution in [3.05, 3.63) is 42.7 Å². The SMILES string of the molecule is CS(=O)(=O)CCCOc1cccc2c1ccn2-c1ccnc(N[C@H]2CC[C@H](C(=O)N3CCC(OC(=O)[C@@H]4CCCCN4)CC3)CC2)n1. The molecule has 1 aliphatic carbocycles. The minimum atomic E-state index is -3.02. The summed E-state index contributed by atoms with van der Waals surface area (Å²) in [6.07, 6.45) is 13.0. The molecule has 12 nitrogen and oxygen atoms in total. The lowest BCUT2D eigenvalue weighted by molar-refractivity contribution is -0.155. The molecule has 6 rings (SSSR count). The van der Waals surface area contributed by atoms with E-state index in [0.717, 1.165) is 68.2 Å². The summed E-state index contributed by atoms with van der Waals surface area (Å²) in [5, 5.41) is 7.67. The van der Waals surface area contributed by atoms with Crippen molar-refractivity contribution in [2.45, 2.75) is 82.4 Å². The number of esters is 1. The normalized spacial score (nSPS) is 22.6. The minimum absolute atomic E-state index is 0.0138. The number of carbonyl (C=O) groups is 2. The van der Waals surface area contributed by atoms with Gasteiger partial charge in [0, 0.05) is 61.9 Å². The number of carbonyl (C=O) groups excluding carboxylic acids is 2. The zero-order chi connectivity index (χ0) is 32.8.